The molecule has 0 amide bonds. The molecular weight excluding hydrogens is 436 g/mol. The summed E-state index contributed by atoms with van der Waals surface area (Å²) in [6, 6.07) is 3.70. The van der Waals surface area contributed by atoms with E-state index in [1.165, 1.54) is 6.20 Å². The van der Waals surface area contributed by atoms with Crippen LogP contribution in [0.3, 0.4) is 0 Å². The Morgan fingerprint density at radius 3 is 2.68 bits per heavy atom. The largest absolute Gasteiger partial charge is 0.492 e. The first-order valence-corrected chi connectivity index (χ1v) is 12.1. The Balaban J connectivity index is 1.70. The SMILES string of the molecule is CCOc1cc2c(=O)c(C(=O)O)cn(CC)c2cc1N1N=NC2CCCC21N1CCN(C)CC1. The number of rotatable bonds is 6. The normalized spacial score (nSPS) is 25.3. The lowest BCUT2D eigenvalue weighted by atomic mass is 9.99. The molecule has 3 aliphatic rings. The average Bonchev–Trinajstić information content (AvgIpc) is 3.40. The maximum Gasteiger partial charge on any atom is 0.341 e. The van der Waals surface area contributed by atoms with Crippen molar-refractivity contribution in [3.63, 3.8) is 0 Å². The highest BCUT2D eigenvalue weighted by molar-refractivity contribution is 5.94. The number of carbonyl (C=O) groups is 1. The highest BCUT2D eigenvalue weighted by Gasteiger charge is 2.57. The number of benzene rings is 1. The number of carboxylic acid groups (broad SMARTS) is 1. The number of hydrogen-bond donors (Lipinski definition) is 1. The van der Waals surface area contributed by atoms with Crippen LogP contribution in [0.4, 0.5) is 5.69 Å². The minimum absolute atomic E-state index is 0.0869. The van der Waals surface area contributed by atoms with Crippen LogP contribution in [0.5, 0.6) is 5.75 Å². The highest BCUT2D eigenvalue weighted by Crippen LogP contribution is 2.49. The van der Waals surface area contributed by atoms with Crippen molar-refractivity contribution >= 4 is 22.6 Å². The van der Waals surface area contributed by atoms with E-state index in [1.54, 1.807) is 10.6 Å². The predicted octanol–water partition coefficient (Wildman–Crippen LogP) is 2.80. The molecule has 34 heavy (non-hydrogen) atoms. The Hall–Kier alpha value is -2.98. The lowest BCUT2D eigenvalue weighted by Crippen LogP contribution is -2.64. The van der Waals surface area contributed by atoms with Crippen molar-refractivity contribution < 1.29 is 14.6 Å². The van der Waals surface area contributed by atoms with E-state index < -0.39 is 11.4 Å². The van der Waals surface area contributed by atoms with Crippen LogP contribution in [0.2, 0.25) is 0 Å². The van der Waals surface area contributed by atoms with Crippen LogP contribution in [0.25, 0.3) is 10.9 Å². The maximum atomic E-state index is 13.0. The second-order valence-corrected chi connectivity index (χ2v) is 9.33. The zero-order valence-corrected chi connectivity index (χ0v) is 20.0. The van der Waals surface area contributed by atoms with Crippen molar-refractivity contribution in [1.29, 1.82) is 0 Å². The third-order valence-corrected chi connectivity index (χ3v) is 7.51. The third-order valence-electron chi connectivity index (χ3n) is 7.51. The molecule has 5 rings (SSSR count). The number of ether oxygens (including phenoxy) is 1. The monoisotopic (exact) mass is 468 g/mol. The molecule has 0 bridgehead atoms. The first-order chi connectivity index (χ1) is 16.4. The molecule has 10 heteroatoms. The lowest BCUT2D eigenvalue weighted by Gasteiger charge is -2.48. The molecule has 2 unspecified atom stereocenters. The quantitative estimate of drug-likeness (QED) is 0.695. The number of piperazine rings is 1. The Kier molecular flexibility index (Phi) is 5.81. The minimum Gasteiger partial charge on any atom is -0.492 e. The van der Waals surface area contributed by atoms with Gasteiger partial charge in [-0.1, -0.05) is 5.22 Å². The van der Waals surface area contributed by atoms with Crippen molar-refractivity contribution in [3.8, 4) is 5.75 Å². The number of fused-ring (bicyclic) bond motifs is 2. The molecule has 1 aromatic carbocycles. The number of carboxylic acids is 1. The Labute approximate surface area is 198 Å². The summed E-state index contributed by atoms with van der Waals surface area (Å²) in [4.78, 5) is 29.6. The van der Waals surface area contributed by atoms with Gasteiger partial charge >= 0.3 is 5.97 Å². The van der Waals surface area contributed by atoms with E-state index in [1.807, 2.05) is 24.9 Å². The number of aryl methyl sites for hydroxylation is 1. The van der Waals surface area contributed by atoms with Crippen molar-refractivity contribution in [3.05, 3.63) is 34.1 Å². The van der Waals surface area contributed by atoms with E-state index in [0.717, 1.165) is 51.1 Å². The molecule has 3 heterocycles. The summed E-state index contributed by atoms with van der Waals surface area (Å²) in [6.45, 7) is 8.62. The van der Waals surface area contributed by atoms with E-state index in [4.69, 9.17) is 9.85 Å². The molecule has 2 aromatic rings. The van der Waals surface area contributed by atoms with Crippen molar-refractivity contribution in [1.82, 2.24) is 14.4 Å². The lowest BCUT2D eigenvalue weighted by molar-refractivity contribution is 0.0410. The summed E-state index contributed by atoms with van der Waals surface area (Å²) in [7, 11) is 2.15. The van der Waals surface area contributed by atoms with Gasteiger partial charge in [0.25, 0.3) is 0 Å². The minimum atomic E-state index is -1.23. The Bertz CT molecular complexity index is 1200. The first-order valence-electron chi connectivity index (χ1n) is 12.1. The van der Waals surface area contributed by atoms with E-state index in [2.05, 4.69) is 22.1 Å². The molecule has 1 saturated heterocycles. The van der Waals surface area contributed by atoms with Gasteiger partial charge < -0.3 is 19.3 Å². The molecule has 2 aliphatic heterocycles. The molecule has 0 spiro atoms. The van der Waals surface area contributed by atoms with Crippen LogP contribution in [-0.4, -0.2) is 77.0 Å². The average molecular weight is 469 g/mol. The van der Waals surface area contributed by atoms with Crippen molar-refractivity contribution in [2.75, 3.05) is 44.8 Å². The van der Waals surface area contributed by atoms with Crippen LogP contribution in [-0.2, 0) is 6.54 Å². The number of nitrogens with zero attached hydrogens (tertiary/aromatic N) is 6. The number of aromatic carboxylic acids is 1. The highest BCUT2D eigenvalue weighted by atomic mass is 16.5. The zero-order chi connectivity index (χ0) is 24.0. The molecule has 0 radical (unpaired) electrons. The van der Waals surface area contributed by atoms with E-state index >= 15 is 0 Å². The van der Waals surface area contributed by atoms with Gasteiger partial charge in [-0.3, -0.25) is 9.69 Å². The van der Waals surface area contributed by atoms with E-state index in [-0.39, 0.29) is 17.3 Å². The molecule has 1 aromatic heterocycles. The van der Waals surface area contributed by atoms with Gasteiger partial charge in [-0.25, -0.2) is 9.80 Å². The topological polar surface area (TPSA) is 103 Å². The molecule has 2 atom stereocenters. The van der Waals surface area contributed by atoms with Crippen LogP contribution in [0, 0.1) is 0 Å². The fourth-order valence-corrected chi connectivity index (χ4v) is 5.75. The maximum absolute atomic E-state index is 13.0. The number of aromatic nitrogens is 1. The molecular formula is C24H32N6O4. The summed E-state index contributed by atoms with van der Waals surface area (Å²) in [5.74, 6) is -0.704. The number of pyridine rings is 1. The summed E-state index contributed by atoms with van der Waals surface area (Å²) in [5, 5.41) is 21.3. The second-order valence-electron chi connectivity index (χ2n) is 9.33. The molecule has 10 nitrogen and oxygen atoms in total. The fraction of sp³-hybridized carbons (Fsp3) is 0.583. The van der Waals surface area contributed by atoms with Crippen LogP contribution in [0.1, 0.15) is 43.5 Å². The molecule has 1 aliphatic carbocycles. The summed E-state index contributed by atoms with van der Waals surface area (Å²) >= 11 is 0. The van der Waals surface area contributed by atoms with Crippen molar-refractivity contribution in [2.45, 2.75) is 51.4 Å². The Morgan fingerprint density at radius 1 is 1.24 bits per heavy atom. The van der Waals surface area contributed by atoms with Gasteiger partial charge in [-0.05, 0) is 52.3 Å². The van der Waals surface area contributed by atoms with Crippen molar-refractivity contribution in [2.24, 2.45) is 10.3 Å². The molecule has 182 valence electrons. The summed E-state index contributed by atoms with van der Waals surface area (Å²) < 4.78 is 7.83. The van der Waals surface area contributed by atoms with Gasteiger partial charge in [0.2, 0.25) is 5.43 Å². The van der Waals surface area contributed by atoms with Gasteiger partial charge in [-0.15, -0.1) is 0 Å². The van der Waals surface area contributed by atoms with E-state index in [9.17, 15) is 14.7 Å². The second kappa shape index (κ2) is 8.66. The molecule has 2 fully saturated rings. The molecule has 1 N–H and O–H groups in total. The van der Waals surface area contributed by atoms with Gasteiger partial charge in [0.05, 0.1) is 17.5 Å². The number of hydrogen-bond acceptors (Lipinski definition) is 8. The number of likely N-dealkylation sites (N-methyl/N-ethyl adjacent to an activating group) is 1. The predicted molar refractivity (Wildman–Crippen MR) is 129 cm³/mol. The summed E-state index contributed by atoms with van der Waals surface area (Å²) in [6.07, 6.45) is 4.45. The van der Waals surface area contributed by atoms with Gasteiger partial charge in [0.15, 0.2) is 0 Å². The van der Waals surface area contributed by atoms with Gasteiger partial charge in [0, 0.05) is 38.9 Å². The van der Waals surface area contributed by atoms with Crippen LogP contribution >= 0.6 is 0 Å². The smallest absolute Gasteiger partial charge is 0.341 e. The number of anilines is 1. The third kappa shape index (κ3) is 3.39. The van der Waals surface area contributed by atoms with Gasteiger partial charge in [0.1, 0.15) is 28.7 Å². The van der Waals surface area contributed by atoms with E-state index in [0.29, 0.717) is 29.8 Å². The molecule has 1 saturated carbocycles. The van der Waals surface area contributed by atoms with Crippen LogP contribution < -0.4 is 15.2 Å². The first kappa shape index (κ1) is 22.8. The van der Waals surface area contributed by atoms with Crippen LogP contribution in [0.15, 0.2) is 33.5 Å². The summed E-state index contributed by atoms with van der Waals surface area (Å²) in [5.41, 5.74) is 0.344. The standard InChI is InChI=1S/C24H32N6O4/c1-4-28-15-17(23(32)33)22(31)16-13-20(34-5-2)19(14-18(16)28)30-24(8-6-7-21(24)25-26-30)29-11-9-27(3)10-12-29/h13-15,21H,4-12H2,1-3H3,(H,32,33). The Morgan fingerprint density at radius 2 is 2.00 bits per heavy atom. The fourth-order valence-electron chi connectivity index (χ4n) is 5.75. The van der Waals surface area contributed by atoms with Gasteiger partial charge in [-0.2, -0.15) is 5.11 Å². The zero-order valence-electron chi connectivity index (χ0n) is 20.0.